The SMILES string of the molecule is Cc1ccc(/C=C/S(=O)(=O)Nc2cnn(CCO)c2)cc1. The molecule has 0 fully saturated rings. The minimum atomic E-state index is -3.59. The van der Waals surface area contributed by atoms with Gasteiger partial charge >= 0.3 is 0 Å². The highest BCUT2D eigenvalue weighted by atomic mass is 32.2. The summed E-state index contributed by atoms with van der Waals surface area (Å²) in [6, 6.07) is 7.53. The zero-order valence-corrected chi connectivity index (χ0v) is 12.4. The Balaban J connectivity index is 2.05. The van der Waals surface area contributed by atoms with E-state index in [2.05, 4.69) is 9.82 Å². The van der Waals surface area contributed by atoms with Gasteiger partial charge in [0.15, 0.2) is 0 Å². The van der Waals surface area contributed by atoms with Gasteiger partial charge in [0, 0.05) is 6.20 Å². The first-order valence-corrected chi connectivity index (χ1v) is 7.94. The van der Waals surface area contributed by atoms with Crippen LogP contribution in [0, 0.1) is 6.92 Å². The highest BCUT2D eigenvalue weighted by molar-refractivity contribution is 7.95. The molecular formula is C14H17N3O3S. The maximum atomic E-state index is 11.9. The summed E-state index contributed by atoms with van der Waals surface area (Å²) < 4.78 is 27.7. The first-order valence-electron chi connectivity index (χ1n) is 6.39. The lowest BCUT2D eigenvalue weighted by Gasteiger charge is -2.01. The molecule has 0 radical (unpaired) electrons. The molecule has 0 bridgehead atoms. The van der Waals surface area contributed by atoms with Crippen molar-refractivity contribution in [1.82, 2.24) is 9.78 Å². The van der Waals surface area contributed by atoms with E-state index in [4.69, 9.17) is 5.11 Å². The minimum absolute atomic E-state index is 0.0544. The Bertz CT molecular complexity index is 718. The Hall–Kier alpha value is -2.12. The van der Waals surface area contributed by atoms with Gasteiger partial charge in [-0.3, -0.25) is 9.40 Å². The maximum absolute atomic E-state index is 11.9. The molecule has 1 aromatic carbocycles. The summed E-state index contributed by atoms with van der Waals surface area (Å²) in [7, 11) is -3.59. The van der Waals surface area contributed by atoms with E-state index in [-0.39, 0.29) is 6.61 Å². The molecule has 0 saturated carbocycles. The van der Waals surface area contributed by atoms with Crippen molar-refractivity contribution in [3.8, 4) is 0 Å². The molecule has 7 heteroatoms. The van der Waals surface area contributed by atoms with E-state index in [1.54, 1.807) is 0 Å². The van der Waals surface area contributed by atoms with E-state index >= 15 is 0 Å². The number of anilines is 1. The van der Waals surface area contributed by atoms with Crippen molar-refractivity contribution in [3.05, 3.63) is 53.2 Å². The van der Waals surface area contributed by atoms with Crippen LogP contribution in [0.2, 0.25) is 0 Å². The summed E-state index contributed by atoms with van der Waals surface area (Å²) in [5.74, 6) is 0. The summed E-state index contributed by atoms with van der Waals surface area (Å²) in [4.78, 5) is 0. The van der Waals surface area contributed by atoms with Crippen LogP contribution in [0.25, 0.3) is 6.08 Å². The summed E-state index contributed by atoms with van der Waals surface area (Å²) in [6.07, 6.45) is 4.44. The average Bonchev–Trinajstić information content (AvgIpc) is 2.85. The number of nitrogens with one attached hydrogen (secondary N) is 1. The predicted octanol–water partition coefficient (Wildman–Crippen LogP) is 1.60. The molecule has 6 nitrogen and oxygen atoms in total. The van der Waals surface area contributed by atoms with Crippen LogP contribution in [0.1, 0.15) is 11.1 Å². The molecule has 0 aliphatic carbocycles. The van der Waals surface area contributed by atoms with Crippen molar-refractivity contribution < 1.29 is 13.5 Å². The Morgan fingerprint density at radius 1 is 1.33 bits per heavy atom. The second-order valence-electron chi connectivity index (χ2n) is 4.58. The molecule has 0 amide bonds. The van der Waals surface area contributed by atoms with Crippen molar-refractivity contribution in [2.75, 3.05) is 11.3 Å². The van der Waals surface area contributed by atoms with Crippen molar-refractivity contribution >= 4 is 21.8 Å². The first-order chi connectivity index (χ1) is 9.98. The lowest BCUT2D eigenvalue weighted by molar-refractivity contribution is 0.269. The normalized spacial score (nSPS) is 11.9. The molecule has 21 heavy (non-hydrogen) atoms. The van der Waals surface area contributed by atoms with Gasteiger partial charge in [0.1, 0.15) is 0 Å². The summed E-state index contributed by atoms with van der Waals surface area (Å²) in [6.45, 7) is 2.23. The number of rotatable bonds is 6. The van der Waals surface area contributed by atoms with Crippen molar-refractivity contribution in [2.45, 2.75) is 13.5 Å². The molecule has 0 atom stereocenters. The molecule has 1 heterocycles. The fourth-order valence-corrected chi connectivity index (χ4v) is 2.52. The van der Waals surface area contributed by atoms with Gasteiger partial charge in [0.2, 0.25) is 0 Å². The van der Waals surface area contributed by atoms with Crippen LogP contribution in [0.5, 0.6) is 0 Å². The van der Waals surface area contributed by atoms with Crippen LogP contribution >= 0.6 is 0 Å². The van der Waals surface area contributed by atoms with Gasteiger partial charge in [-0.25, -0.2) is 8.42 Å². The molecule has 112 valence electrons. The van der Waals surface area contributed by atoms with Crippen LogP contribution in [0.15, 0.2) is 42.1 Å². The number of aryl methyl sites for hydroxylation is 1. The summed E-state index contributed by atoms with van der Waals surface area (Å²) >= 11 is 0. The second kappa shape index (κ2) is 6.55. The lowest BCUT2D eigenvalue weighted by atomic mass is 10.2. The lowest BCUT2D eigenvalue weighted by Crippen LogP contribution is -2.08. The fraction of sp³-hybridized carbons (Fsp3) is 0.214. The molecule has 0 saturated heterocycles. The van der Waals surface area contributed by atoms with Gasteiger partial charge in [-0.2, -0.15) is 5.10 Å². The van der Waals surface area contributed by atoms with Gasteiger partial charge in [0.25, 0.3) is 10.0 Å². The Kier molecular flexibility index (Phi) is 4.77. The number of sulfonamides is 1. The highest BCUT2D eigenvalue weighted by Gasteiger charge is 2.07. The quantitative estimate of drug-likeness (QED) is 0.849. The second-order valence-corrected chi connectivity index (χ2v) is 6.14. The Morgan fingerprint density at radius 3 is 2.71 bits per heavy atom. The van der Waals surface area contributed by atoms with Gasteiger partial charge in [0.05, 0.1) is 30.4 Å². The maximum Gasteiger partial charge on any atom is 0.255 e. The number of aromatic nitrogens is 2. The fourth-order valence-electron chi connectivity index (χ4n) is 1.69. The molecular weight excluding hydrogens is 290 g/mol. The largest absolute Gasteiger partial charge is 0.394 e. The van der Waals surface area contributed by atoms with Gasteiger partial charge in [-0.15, -0.1) is 0 Å². The van der Waals surface area contributed by atoms with E-state index < -0.39 is 10.0 Å². The highest BCUT2D eigenvalue weighted by Crippen LogP contribution is 2.10. The molecule has 0 aliphatic rings. The van der Waals surface area contributed by atoms with E-state index in [0.717, 1.165) is 16.5 Å². The van der Waals surface area contributed by atoms with Crippen LogP contribution in [-0.2, 0) is 16.6 Å². The number of nitrogens with zero attached hydrogens (tertiary/aromatic N) is 2. The zero-order chi connectivity index (χ0) is 15.3. The molecule has 2 aromatic rings. The van der Waals surface area contributed by atoms with Crippen LogP contribution in [0.3, 0.4) is 0 Å². The molecule has 0 spiro atoms. The minimum Gasteiger partial charge on any atom is -0.394 e. The monoisotopic (exact) mass is 307 g/mol. The zero-order valence-electron chi connectivity index (χ0n) is 11.6. The molecule has 2 N–H and O–H groups in total. The average molecular weight is 307 g/mol. The number of benzene rings is 1. The van der Waals surface area contributed by atoms with Crippen LogP contribution in [-0.4, -0.2) is 29.9 Å². The van der Waals surface area contributed by atoms with Gasteiger partial charge in [-0.05, 0) is 18.6 Å². The third kappa shape index (κ3) is 4.73. The van der Waals surface area contributed by atoms with Crippen LogP contribution in [0.4, 0.5) is 5.69 Å². The number of hydrogen-bond donors (Lipinski definition) is 2. The third-order valence-electron chi connectivity index (χ3n) is 2.74. The van der Waals surface area contributed by atoms with Crippen LogP contribution < -0.4 is 4.72 Å². The molecule has 0 unspecified atom stereocenters. The van der Waals surface area contributed by atoms with Gasteiger partial charge in [-0.1, -0.05) is 29.8 Å². The topological polar surface area (TPSA) is 84.2 Å². The smallest absolute Gasteiger partial charge is 0.255 e. The van der Waals surface area contributed by atoms with Crippen molar-refractivity contribution in [2.24, 2.45) is 0 Å². The Labute approximate surface area is 123 Å². The van der Waals surface area contributed by atoms with E-state index in [1.807, 2.05) is 31.2 Å². The number of aliphatic hydroxyl groups is 1. The van der Waals surface area contributed by atoms with E-state index in [1.165, 1.54) is 23.2 Å². The number of hydrogen-bond acceptors (Lipinski definition) is 4. The van der Waals surface area contributed by atoms with Crippen molar-refractivity contribution in [1.29, 1.82) is 0 Å². The standard InChI is InChI=1S/C14H17N3O3S/c1-12-2-4-13(5-3-12)6-9-21(19,20)16-14-10-15-17(11-14)7-8-18/h2-6,9-11,16,18H,7-8H2,1H3/b9-6+. The number of aliphatic hydroxyl groups excluding tert-OH is 1. The Morgan fingerprint density at radius 2 is 2.05 bits per heavy atom. The molecule has 0 aliphatic heterocycles. The predicted molar refractivity (Wildman–Crippen MR) is 82.1 cm³/mol. The molecule has 1 aromatic heterocycles. The first kappa shape index (κ1) is 15.3. The van der Waals surface area contributed by atoms with Crippen molar-refractivity contribution in [3.63, 3.8) is 0 Å². The third-order valence-corrected chi connectivity index (χ3v) is 3.75. The van der Waals surface area contributed by atoms with E-state index in [0.29, 0.717) is 12.2 Å². The summed E-state index contributed by atoms with van der Waals surface area (Å²) in [5, 5.41) is 13.8. The van der Waals surface area contributed by atoms with E-state index in [9.17, 15) is 8.42 Å². The summed E-state index contributed by atoms with van der Waals surface area (Å²) in [5.41, 5.74) is 2.28. The molecule has 2 rings (SSSR count). The van der Waals surface area contributed by atoms with Gasteiger partial charge < -0.3 is 5.11 Å².